The summed E-state index contributed by atoms with van der Waals surface area (Å²) in [5.74, 6) is -1.22. The molecule has 1 atom stereocenters. The molecule has 0 saturated carbocycles. The average Bonchev–Trinajstić information content (AvgIpc) is 2.60. The highest BCUT2D eigenvalue weighted by Crippen LogP contribution is 2.36. The maximum atomic E-state index is 12.2. The third kappa shape index (κ3) is 4.03. The number of fused-ring (bicyclic) bond motifs is 1. The zero-order valence-corrected chi connectivity index (χ0v) is 15.9. The van der Waals surface area contributed by atoms with Crippen molar-refractivity contribution in [2.24, 2.45) is 0 Å². The van der Waals surface area contributed by atoms with Crippen LogP contribution in [-0.2, 0) is 9.53 Å². The van der Waals surface area contributed by atoms with Gasteiger partial charge in [0.25, 0.3) is 0 Å². The second-order valence-corrected chi connectivity index (χ2v) is 7.81. The third-order valence-corrected chi connectivity index (χ3v) is 5.44. The van der Waals surface area contributed by atoms with Crippen LogP contribution in [0.25, 0.3) is 0 Å². The quantitative estimate of drug-likeness (QED) is 0.595. The average molecular weight is 410 g/mol. The summed E-state index contributed by atoms with van der Waals surface area (Å²) in [7, 11) is 0. The van der Waals surface area contributed by atoms with Gasteiger partial charge in [-0.15, -0.1) is 11.8 Å². The van der Waals surface area contributed by atoms with Gasteiger partial charge in [-0.3, -0.25) is 9.59 Å². The monoisotopic (exact) mass is 409 g/mol. The second-order valence-electron chi connectivity index (χ2n) is 5.58. The molecule has 0 aromatic heterocycles. The van der Waals surface area contributed by atoms with Crippen LogP contribution in [0.4, 0.5) is 5.69 Å². The van der Waals surface area contributed by atoms with Gasteiger partial charge in [0.15, 0.2) is 6.61 Å². The van der Waals surface area contributed by atoms with Crippen molar-refractivity contribution in [1.29, 1.82) is 0 Å². The molecule has 0 spiro atoms. The van der Waals surface area contributed by atoms with Crippen LogP contribution in [0, 0.1) is 0 Å². The first kappa shape index (κ1) is 18.8. The summed E-state index contributed by atoms with van der Waals surface area (Å²) in [6.07, 6.45) is 0. The SMILES string of the molecule is CC1Sc2ccc(C(=O)OCC(=O)c3ccc(Cl)cc3Cl)cc2NC1=O. The number of Topliss-reactive ketones (excluding diaryl/α,β-unsaturated/α-hetero) is 1. The van der Waals surface area contributed by atoms with Crippen LogP contribution in [0.1, 0.15) is 27.6 Å². The van der Waals surface area contributed by atoms with Crippen molar-refractivity contribution in [3.63, 3.8) is 0 Å². The lowest BCUT2D eigenvalue weighted by Crippen LogP contribution is -2.26. The van der Waals surface area contributed by atoms with Crippen molar-refractivity contribution < 1.29 is 19.1 Å². The van der Waals surface area contributed by atoms with E-state index in [9.17, 15) is 14.4 Å². The number of nitrogens with one attached hydrogen (secondary N) is 1. The molecule has 26 heavy (non-hydrogen) atoms. The van der Waals surface area contributed by atoms with E-state index in [1.165, 1.54) is 36.0 Å². The molecule has 0 radical (unpaired) electrons. The Labute approximate surface area is 164 Å². The van der Waals surface area contributed by atoms with Crippen LogP contribution in [0.15, 0.2) is 41.3 Å². The summed E-state index contributed by atoms with van der Waals surface area (Å²) in [5, 5.41) is 3.16. The number of hydrogen-bond acceptors (Lipinski definition) is 5. The van der Waals surface area contributed by atoms with E-state index >= 15 is 0 Å². The standard InChI is InChI=1S/C18H13Cl2NO4S/c1-9-17(23)21-14-6-10(2-5-16(14)26-9)18(24)25-8-15(22)12-4-3-11(19)7-13(12)20/h2-7,9H,8H2,1H3,(H,21,23). The van der Waals surface area contributed by atoms with Crippen molar-refractivity contribution >= 4 is 58.3 Å². The highest BCUT2D eigenvalue weighted by molar-refractivity contribution is 8.00. The normalized spacial score (nSPS) is 15.8. The molecule has 1 aliphatic rings. The molecule has 1 heterocycles. The lowest BCUT2D eigenvalue weighted by molar-refractivity contribution is -0.115. The highest BCUT2D eigenvalue weighted by atomic mass is 35.5. The summed E-state index contributed by atoms with van der Waals surface area (Å²) in [4.78, 5) is 37.0. The molecule has 1 aliphatic heterocycles. The van der Waals surface area contributed by atoms with Crippen molar-refractivity contribution in [2.45, 2.75) is 17.1 Å². The molecule has 1 N–H and O–H groups in total. The third-order valence-electron chi connectivity index (χ3n) is 3.71. The number of hydrogen-bond donors (Lipinski definition) is 1. The number of amides is 1. The van der Waals surface area contributed by atoms with E-state index in [0.29, 0.717) is 10.7 Å². The van der Waals surface area contributed by atoms with Gasteiger partial charge in [-0.2, -0.15) is 0 Å². The van der Waals surface area contributed by atoms with Crippen molar-refractivity contribution in [2.75, 3.05) is 11.9 Å². The number of thioether (sulfide) groups is 1. The van der Waals surface area contributed by atoms with Gasteiger partial charge in [-0.05, 0) is 43.3 Å². The van der Waals surface area contributed by atoms with Gasteiger partial charge in [-0.25, -0.2) is 4.79 Å². The van der Waals surface area contributed by atoms with Gasteiger partial charge in [0, 0.05) is 15.5 Å². The molecule has 0 saturated heterocycles. The number of carbonyl (C=O) groups excluding carboxylic acids is 3. The summed E-state index contributed by atoms with van der Waals surface area (Å²) in [6.45, 7) is 1.36. The Kier molecular flexibility index (Phi) is 5.55. The molecule has 8 heteroatoms. The molecule has 5 nitrogen and oxygen atoms in total. The van der Waals surface area contributed by atoms with Crippen LogP contribution >= 0.6 is 35.0 Å². The molecule has 1 unspecified atom stereocenters. The first-order valence-electron chi connectivity index (χ1n) is 7.62. The topological polar surface area (TPSA) is 72.5 Å². The minimum atomic E-state index is -0.663. The number of esters is 1. The van der Waals surface area contributed by atoms with Crippen LogP contribution in [-0.4, -0.2) is 29.5 Å². The number of rotatable bonds is 4. The van der Waals surface area contributed by atoms with Crippen molar-refractivity contribution in [3.8, 4) is 0 Å². The van der Waals surface area contributed by atoms with Crippen LogP contribution in [0.3, 0.4) is 0 Å². The van der Waals surface area contributed by atoms with Crippen LogP contribution < -0.4 is 5.32 Å². The van der Waals surface area contributed by atoms with E-state index < -0.39 is 18.4 Å². The molecular formula is C18H13Cl2NO4S. The van der Waals surface area contributed by atoms with Gasteiger partial charge in [-0.1, -0.05) is 23.2 Å². The fraction of sp³-hybridized carbons (Fsp3) is 0.167. The Balaban J connectivity index is 1.68. The number of ether oxygens (including phenoxy) is 1. The van der Waals surface area contributed by atoms with Gasteiger partial charge >= 0.3 is 5.97 Å². The van der Waals surface area contributed by atoms with E-state index in [1.807, 2.05) is 0 Å². The number of benzene rings is 2. The number of halogens is 2. The number of anilines is 1. The predicted octanol–water partition coefficient (Wildman–Crippen LogP) is 4.47. The molecule has 0 bridgehead atoms. The molecule has 134 valence electrons. The number of ketones is 1. The second kappa shape index (κ2) is 7.70. The van der Waals surface area contributed by atoms with E-state index in [1.54, 1.807) is 19.1 Å². The van der Waals surface area contributed by atoms with Gasteiger partial charge in [0.05, 0.1) is 21.5 Å². The Hall–Kier alpha value is -2.02. The molecule has 2 aromatic rings. The summed E-state index contributed by atoms with van der Waals surface area (Å²) < 4.78 is 5.07. The highest BCUT2D eigenvalue weighted by Gasteiger charge is 2.24. The van der Waals surface area contributed by atoms with Crippen LogP contribution in [0.2, 0.25) is 10.0 Å². The van der Waals surface area contributed by atoms with E-state index in [4.69, 9.17) is 27.9 Å². The summed E-state index contributed by atoms with van der Waals surface area (Å²) in [5.41, 5.74) is 1.03. The molecule has 0 fully saturated rings. The van der Waals surface area contributed by atoms with Crippen molar-refractivity contribution in [3.05, 3.63) is 57.6 Å². The van der Waals surface area contributed by atoms with Gasteiger partial charge < -0.3 is 10.1 Å². The Morgan fingerprint density at radius 1 is 1.19 bits per heavy atom. The van der Waals surface area contributed by atoms with E-state index in [2.05, 4.69) is 5.32 Å². The van der Waals surface area contributed by atoms with Crippen LogP contribution in [0.5, 0.6) is 0 Å². The molecule has 0 aliphatic carbocycles. The maximum absolute atomic E-state index is 12.2. The lowest BCUT2D eigenvalue weighted by atomic mass is 10.1. The fourth-order valence-corrected chi connectivity index (χ4v) is 3.79. The molecule has 1 amide bonds. The van der Waals surface area contributed by atoms with Gasteiger partial charge in [0.1, 0.15) is 0 Å². The Bertz CT molecular complexity index is 916. The lowest BCUT2D eigenvalue weighted by Gasteiger charge is -2.21. The zero-order valence-electron chi connectivity index (χ0n) is 13.5. The maximum Gasteiger partial charge on any atom is 0.338 e. The molecular weight excluding hydrogens is 397 g/mol. The van der Waals surface area contributed by atoms with E-state index in [-0.39, 0.29) is 27.3 Å². The fourth-order valence-electron chi connectivity index (χ4n) is 2.34. The predicted molar refractivity (Wildman–Crippen MR) is 101 cm³/mol. The minimum absolute atomic E-state index is 0.124. The Morgan fingerprint density at radius 2 is 1.96 bits per heavy atom. The summed E-state index contributed by atoms with van der Waals surface area (Å²) in [6, 6.07) is 9.33. The van der Waals surface area contributed by atoms with E-state index in [0.717, 1.165) is 4.90 Å². The molecule has 3 rings (SSSR count). The Morgan fingerprint density at radius 3 is 2.69 bits per heavy atom. The molecule has 2 aromatic carbocycles. The summed E-state index contributed by atoms with van der Waals surface area (Å²) >= 11 is 13.2. The van der Waals surface area contributed by atoms with Crippen molar-refractivity contribution in [1.82, 2.24) is 0 Å². The minimum Gasteiger partial charge on any atom is -0.454 e. The first-order valence-corrected chi connectivity index (χ1v) is 9.25. The number of carbonyl (C=O) groups is 3. The largest absolute Gasteiger partial charge is 0.454 e. The smallest absolute Gasteiger partial charge is 0.338 e. The first-order chi connectivity index (χ1) is 12.3. The zero-order chi connectivity index (χ0) is 18.8. The van der Waals surface area contributed by atoms with Gasteiger partial charge in [0.2, 0.25) is 11.7 Å².